The maximum absolute atomic E-state index is 12.5. The summed E-state index contributed by atoms with van der Waals surface area (Å²) < 4.78 is 10.9. The lowest BCUT2D eigenvalue weighted by Gasteiger charge is -2.33. The lowest BCUT2D eigenvalue weighted by atomic mass is 10.2. The molecule has 0 radical (unpaired) electrons. The average molecular weight is 280 g/mol. The Bertz CT molecular complexity index is 562. The number of hydrogen-bond donors (Lipinski definition) is 0. The highest BCUT2D eigenvalue weighted by Gasteiger charge is 2.29. The van der Waals surface area contributed by atoms with Crippen LogP contribution >= 0.6 is 11.6 Å². The maximum atomic E-state index is 12.5. The van der Waals surface area contributed by atoms with Gasteiger partial charge in [-0.15, -0.1) is 11.6 Å². The van der Waals surface area contributed by atoms with E-state index in [1.165, 1.54) is 0 Å². The van der Waals surface area contributed by atoms with Crippen molar-refractivity contribution in [3.63, 3.8) is 0 Å². The van der Waals surface area contributed by atoms with Crippen molar-refractivity contribution in [2.75, 3.05) is 25.6 Å². The molecule has 4 nitrogen and oxygen atoms in total. The standard InChI is InChI=1S/C14H14ClNO3/c15-8-11-9-18-6-5-16(11)14(17)13-7-10-3-1-2-4-12(10)19-13/h1-4,7,11H,5-6,8-9H2. The Hall–Kier alpha value is -1.52. The van der Waals surface area contributed by atoms with Crippen LogP contribution in [0.5, 0.6) is 0 Å². The van der Waals surface area contributed by atoms with Crippen LogP contribution in [-0.4, -0.2) is 42.5 Å². The number of halogens is 1. The largest absolute Gasteiger partial charge is 0.451 e. The molecule has 1 aliphatic heterocycles. The highest BCUT2D eigenvalue weighted by atomic mass is 35.5. The summed E-state index contributed by atoms with van der Waals surface area (Å²) in [5.74, 6) is 0.606. The molecule has 1 atom stereocenters. The topological polar surface area (TPSA) is 42.7 Å². The van der Waals surface area contributed by atoms with E-state index in [1.54, 1.807) is 11.0 Å². The van der Waals surface area contributed by atoms with Crippen LogP contribution in [0.25, 0.3) is 11.0 Å². The lowest BCUT2D eigenvalue weighted by Crippen LogP contribution is -2.49. The molecule has 1 fully saturated rings. The van der Waals surface area contributed by atoms with Gasteiger partial charge in [-0.1, -0.05) is 18.2 Å². The number of furan rings is 1. The first-order chi connectivity index (χ1) is 9.29. The first-order valence-electron chi connectivity index (χ1n) is 6.23. The zero-order chi connectivity index (χ0) is 13.2. The molecule has 5 heteroatoms. The molecule has 1 amide bonds. The van der Waals surface area contributed by atoms with Crippen molar-refractivity contribution in [1.82, 2.24) is 4.90 Å². The van der Waals surface area contributed by atoms with Gasteiger partial charge in [0, 0.05) is 17.8 Å². The quantitative estimate of drug-likeness (QED) is 0.794. The summed E-state index contributed by atoms with van der Waals surface area (Å²) in [7, 11) is 0. The van der Waals surface area contributed by atoms with Crippen molar-refractivity contribution < 1.29 is 13.9 Å². The van der Waals surface area contributed by atoms with Crippen LogP contribution in [0.15, 0.2) is 34.7 Å². The van der Waals surface area contributed by atoms with Crippen molar-refractivity contribution in [1.29, 1.82) is 0 Å². The summed E-state index contributed by atoms with van der Waals surface area (Å²) in [5, 5.41) is 0.932. The highest BCUT2D eigenvalue weighted by molar-refractivity contribution is 6.18. The van der Waals surface area contributed by atoms with Gasteiger partial charge in [-0.05, 0) is 12.1 Å². The molecule has 1 saturated heterocycles. The van der Waals surface area contributed by atoms with Gasteiger partial charge in [0.1, 0.15) is 5.58 Å². The van der Waals surface area contributed by atoms with E-state index in [0.717, 1.165) is 11.0 Å². The van der Waals surface area contributed by atoms with Gasteiger partial charge >= 0.3 is 0 Å². The fourth-order valence-electron chi connectivity index (χ4n) is 2.28. The molecule has 19 heavy (non-hydrogen) atoms. The van der Waals surface area contributed by atoms with Crippen LogP contribution < -0.4 is 0 Å². The van der Waals surface area contributed by atoms with Crippen LogP contribution in [-0.2, 0) is 4.74 Å². The number of morpholine rings is 1. The minimum Gasteiger partial charge on any atom is -0.451 e. The summed E-state index contributed by atoms with van der Waals surface area (Å²) in [6.07, 6.45) is 0. The molecule has 1 unspecified atom stereocenters. The molecule has 2 heterocycles. The molecular formula is C14H14ClNO3. The summed E-state index contributed by atoms with van der Waals surface area (Å²) in [6, 6.07) is 9.27. The van der Waals surface area contributed by atoms with Gasteiger partial charge in [-0.3, -0.25) is 4.79 Å². The average Bonchev–Trinajstić information content (AvgIpc) is 2.90. The molecule has 1 aromatic heterocycles. The van der Waals surface area contributed by atoms with Gasteiger partial charge in [-0.25, -0.2) is 0 Å². The summed E-state index contributed by atoms with van der Waals surface area (Å²) in [5.41, 5.74) is 0.724. The van der Waals surface area contributed by atoms with Crippen LogP contribution in [0.1, 0.15) is 10.6 Å². The third-order valence-electron chi connectivity index (χ3n) is 3.30. The third kappa shape index (κ3) is 2.33. The van der Waals surface area contributed by atoms with Crippen molar-refractivity contribution in [3.05, 3.63) is 36.1 Å². The molecular weight excluding hydrogens is 266 g/mol. The number of amides is 1. The number of hydrogen-bond acceptors (Lipinski definition) is 3. The number of fused-ring (bicyclic) bond motifs is 1. The number of ether oxygens (including phenoxy) is 1. The Balaban J connectivity index is 1.89. The van der Waals surface area contributed by atoms with E-state index in [0.29, 0.717) is 31.4 Å². The smallest absolute Gasteiger partial charge is 0.290 e. The van der Waals surface area contributed by atoms with E-state index in [4.69, 9.17) is 20.8 Å². The molecule has 1 aromatic carbocycles. The van der Waals surface area contributed by atoms with Crippen molar-refractivity contribution in [3.8, 4) is 0 Å². The number of nitrogens with zero attached hydrogens (tertiary/aromatic N) is 1. The second-order valence-electron chi connectivity index (χ2n) is 4.53. The molecule has 0 saturated carbocycles. The van der Waals surface area contributed by atoms with E-state index >= 15 is 0 Å². The van der Waals surface area contributed by atoms with Gasteiger partial charge in [0.15, 0.2) is 5.76 Å². The molecule has 100 valence electrons. The molecule has 1 aliphatic rings. The zero-order valence-electron chi connectivity index (χ0n) is 10.3. The first-order valence-corrected chi connectivity index (χ1v) is 6.76. The van der Waals surface area contributed by atoms with Gasteiger partial charge in [0.2, 0.25) is 0 Å². The minimum atomic E-state index is -0.120. The first kappa shape index (κ1) is 12.5. The van der Waals surface area contributed by atoms with E-state index in [1.807, 2.05) is 24.3 Å². The van der Waals surface area contributed by atoms with Crippen LogP contribution in [0.4, 0.5) is 0 Å². The van der Waals surface area contributed by atoms with Crippen molar-refractivity contribution >= 4 is 28.5 Å². The molecule has 0 N–H and O–H groups in total. The Labute approximate surface area is 115 Å². The molecule has 3 rings (SSSR count). The predicted molar refractivity (Wildman–Crippen MR) is 72.6 cm³/mol. The second kappa shape index (κ2) is 5.23. The van der Waals surface area contributed by atoms with Crippen LogP contribution in [0.3, 0.4) is 0 Å². The number of rotatable bonds is 2. The minimum absolute atomic E-state index is 0.0869. The molecule has 0 aliphatic carbocycles. The van der Waals surface area contributed by atoms with E-state index < -0.39 is 0 Å². The van der Waals surface area contributed by atoms with Crippen molar-refractivity contribution in [2.45, 2.75) is 6.04 Å². The Morgan fingerprint density at radius 1 is 1.42 bits per heavy atom. The monoisotopic (exact) mass is 279 g/mol. The normalized spacial score (nSPS) is 19.8. The van der Waals surface area contributed by atoms with Gasteiger partial charge < -0.3 is 14.1 Å². The number of para-hydroxylation sites is 1. The van der Waals surface area contributed by atoms with Crippen molar-refractivity contribution in [2.24, 2.45) is 0 Å². The van der Waals surface area contributed by atoms with E-state index in [2.05, 4.69) is 0 Å². The van der Waals surface area contributed by atoms with Gasteiger partial charge in [0.25, 0.3) is 5.91 Å². The van der Waals surface area contributed by atoms with E-state index in [-0.39, 0.29) is 11.9 Å². The summed E-state index contributed by atoms with van der Waals surface area (Å²) in [4.78, 5) is 14.2. The highest BCUT2D eigenvalue weighted by Crippen LogP contribution is 2.21. The molecule has 0 spiro atoms. The third-order valence-corrected chi connectivity index (χ3v) is 3.66. The number of carbonyl (C=O) groups excluding carboxylic acids is 1. The summed E-state index contributed by atoms with van der Waals surface area (Å²) >= 11 is 5.88. The van der Waals surface area contributed by atoms with E-state index in [9.17, 15) is 4.79 Å². The fraction of sp³-hybridized carbons (Fsp3) is 0.357. The molecule has 0 bridgehead atoms. The second-order valence-corrected chi connectivity index (χ2v) is 4.84. The van der Waals surface area contributed by atoms with Crippen LogP contribution in [0, 0.1) is 0 Å². The Morgan fingerprint density at radius 3 is 3.05 bits per heavy atom. The maximum Gasteiger partial charge on any atom is 0.290 e. The lowest BCUT2D eigenvalue weighted by molar-refractivity contribution is 0.00303. The fourth-order valence-corrected chi connectivity index (χ4v) is 2.53. The zero-order valence-corrected chi connectivity index (χ0v) is 11.1. The molecule has 2 aromatic rings. The number of benzene rings is 1. The SMILES string of the molecule is O=C(c1cc2ccccc2o1)N1CCOCC1CCl. The Morgan fingerprint density at radius 2 is 2.26 bits per heavy atom. The summed E-state index contributed by atoms with van der Waals surface area (Å²) in [6.45, 7) is 1.57. The van der Waals surface area contributed by atoms with Crippen LogP contribution in [0.2, 0.25) is 0 Å². The number of carbonyl (C=O) groups is 1. The number of alkyl halides is 1. The predicted octanol–water partition coefficient (Wildman–Crippen LogP) is 2.51. The van der Waals surface area contributed by atoms with Gasteiger partial charge in [0.05, 0.1) is 19.3 Å². The Kier molecular flexibility index (Phi) is 3.44. The van der Waals surface area contributed by atoms with Gasteiger partial charge in [-0.2, -0.15) is 0 Å².